The van der Waals surface area contributed by atoms with Crippen LogP contribution in [0.1, 0.15) is 17.2 Å². The molecule has 0 aromatic heterocycles. The van der Waals surface area contributed by atoms with Crippen molar-refractivity contribution in [3.63, 3.8) is 0 Å². The maximum atomic E-state index is 5.66. The number of hydrogen-bond acceptors (Lipinski definition) is 6. The SMILES string of the molecule is COc1ccc(C(CNCc2ccc3c(c2)OCCO3)N(C)C)cc1OC. The fraction of sp³-hybridized carbons (Fsp3) is 0.429. The number of ether oxygens (including phenoxy) is 4. The van der Waals surface area contributed by atoms with Gasteiger partial charge in [-0.2, -0.15) is 0 Å². The van der Waals surface area contributed by atoms with Crippen LogP contribution in [-0.4, -0.2) is 53.0 Å². The standard InChI is InChI=1S/C21H28N2O4/c1-23(2)17(16-6-8-18(24-3)20(12-16)25-4)14-22-13-15-5-7-19-21(11-15)27-10-9-26-19/h5-8,11-12,17,22H,9-10,13-14H2,1-4H3. The highest BCUT2D eigenvalue weighted by Gasteiger charge is 2.17. The molecule has 1 atom stereocenters. The fourth-order valence-corrected chi connectivity index (χ4v) is 3.21. The summed E-state index contributed by atoms with van der Waals surface area (Å²) in [6, 6.07) is 12.4. The van der Waals surface area contributed by atoms with Gasteiger partial charge in [0.05, 0.1) is 14.2 Å². The largest absolute Gasteiger partial charge is 0.493 e. The minimum absolute atomic E-state index is 0.210. The molecule has 1 aliphatic heterocycles. The lowest BCUT2D eigenvalue weighted by Gasteiger charge is -2.26. The van der Waals surface area contributed by atoms with Gasteiger partial charge in [0, 0.05) is 19.1 Å². The quantitative estimate of drug-likeness (QED) is 0.769. The number of likely N-dealkylation sites (N-methyl/N-ethyl adjacent to an activating group) is 1. The van der Waals surface area contributed by atoms with Crippen molar-refractivity contribution in [3.05, 3.63) is 47.5 Å². The number of nitrogens with zero attached hydrogens (tertiary/aromatic N) is 1. The summed E-state index contributed by atoms with van der Waals surface area (Å²) in [7, 11) is 7.46. The van der Waals surface area contributed by atoms with Crippen LogP contribution in [0.5, 0.6) is 23.0 Å². The summed E-state index contributed by atoms with van der Waals surface area (Å²) < 4.78 is 22.0. The predicted octanol–water partition coefficient (Wildman–Crippen LogP) is 2.87. The number of nitrogens with one attached hydrogen (secondary N) is 1. The molecule has 0 aliphatic carbocycles. The van der Waals surface area contributed by atoms with Crippen molar-refractivity contribution >= 4 is 0 Å². The number of fused-ring (bicyclic) bond motifs is 1. The Bertz CT molecular complexity index is 764. The Labute approximate surface area is 161 Å². The van der Waals surface area contributed by atoms with E-state index < -0.39 is 0 Å². The van der Waals surface area contributed by atoms with Crippen LogP contribution in [0.3, 0.4) is 0 Å². The second kappa shape index (κ2) is 8.97. The molecule has 0 radical (unpaired) electrons. The van der Waals surface area contributed by atoms with Crippen LogP contribution >= 0.6 is 0 Å². The van der Waals surface area contributed by atoms with Gasteiger partial charge in [0.2, 0.25) is 0 Å². The van der Waals surface area contributed by atoms with Gasteiger partial charge in [-0.1, -0.05) is 12.1 Å². The zero-order valence-corrected chi connectivity index (χ0v) is 16.5. The molecular formula is C21H28N2O4. The lowest BCUT2D eigenvalue weighted by molar-refractivity contribution is 0.171. The predicted molar refractivity (Wildman–Crippen MR) is 105 cm³/mol. The summed E-state index contributed by atoms with van der Waals surface area (Å²) in [5.74, 6) is 3.13. The van der Waals surface area contributed by atoms with Crippen LogP contribution in [0.4, 0.5) is 0 Å². The van der Waals surface area contributed by atoms with Crippen molar-refractivity contribution in [3.8, 4) is 23.0 Å². The third-order valence-electron chi connectivity index (χ3n) is 4.69. The molecule has 1 aliphatic rings. The van der Waals surface area contributed by atoms with Crippen LogP contribution in [0.15, 0.2) is 36.4 Å². The van der Waals surface area contributed by atoms with Gasteiger partial charge in [-0.05, 0) is 49.5 Å². The smallest absolute Gasteiger partial charge is 0.161 e. The van der Waals surface area contributed by atoms with Crippen molar-refractivity contribution in [1.29, 1.82) is 0 Å². The maximum Gasteiger partial charge on any atom is 0.161 e. The minimum Gasteiger partial charge on any atom is -0.493 e. The highest BCUT2D eigenvalue weighted by atomic mass is 16.6. The van der Waals surface area contributed by atoms with Gasteiger partial charge in [0.1, 0.15) is 13.2 Å². The molecule has 27 heavy (non-hydrogen) atoms. The number of hydrogen-bond donors (Lipinski definition) is 1. The molecule has 0 bridgehead atoms. The van der Waals surface area contributed by atoms with Crippen molar-refractivity contribution in [1.82, 2.24) is 10.2 Å². The second-order valence-electron chi connectivity index (χ2n) is 6.70. The topological polar surface area (TPSA) is 52.2 Å². The average molecular weight is 372 g/mol. The van der Waals surface area contributed by atoms with Gasteiger partial charge in [-0.15, -0.1) is 0 Å². The Kier molecular flexibility index (Phi) is 6.42. The molecule has 2 aromatic rings. The third-order valence-corrected chi connectivity index (χ3v) is 4.69. The van der Waals surface area contributed by atoms with E-state index in [0.717, 1.165) is 36.1 Å². The molecule has 0 saturated heterocycles. The fourth-order valence-electron chi connectivity index (χ4n) is 3.21. The lowest BCUT2D eigenvalue weighted by Crippen LogP contribution is -2.30. The highest BCUT2D eigenvalue weighted by molar-refractivity contribution is 5.44. The van der Waals surface area contributed by atoms with Crippen molar-refractivity contribution in [2.75, 3.05) is 48.1 Å². The van der Waals surface area contributed by atoms with Crippen LogP contribution < -0.4 is 24.3 Å². The Balaban J connectivity index is 1.65. The van der Waals surface area contributed by atoms with Gasteiger partial charge < -0.3 is 29.2 Å². The van der Waals surface area contributed by atoms with E-state index in [9.17, 15) is 0 Å². The maximum absolute atomic E-state index is 5.66. The molecule has 146 valence electrons. The van der Waals surface area contributed by atoms with Crippen LogP contribution in [0, 0.1) is 0 Å². The Morgan fingerprint density at radius 1 is 0.963 bits per heavy atom. The van der Waals surface area contributed by atoms with Crippen molar-refractivity contribution < 1.29 is 18.9 Å². The van der Waals surface area contributed by atoms with E-state index in [2.05, 4.69) is 36.4 Å². The Morgan fingerprint density at radius 2 is 1.70 bits per heavy atom. The summed E-state index contributed by atoms with van der Waals surface area (Å²) >= 11 is 0. The van der Waals surface area contributed by atoms with E-state index >= 15 is 0 Å². The number of benzene rings is 2. The van der Waals surface area contributed by atoms with Crippen LogP contribution in [0.2, 0.25) is 0 Å². The molecule has 1 unspecified atom stereocenters. The minimum atomic E-state index is 0.210. The molecule has 6 heteroatoms. The van der Waals surface area contributed by atoms with E-state index in [-0.39, 0.29) is 6.04 Å². The first-order valence-electron chi connectivity index (χ1n) is 9.10. The highest BCUT2D eigenvalue weighted by Crippen LogP contribution is 2.32. The molecular weight excluding hydrogens is 344 g/mol. The van der Waals surface area contributed by atoms with Crippen LogP contribution in [-0.2, 0) is 6.54 Å². The molecule has 0 saturated carbocycles. The summed E-state index contributed by atoms with van der Waals surface area (Å²) in [6.45, 7) is 2.78. The molecule has 1 heterocycles. The summed E-state index contributed by atoms with van der Waals surface area (Å²) in [5.41, 5.74) is 2.34. The molecule has 3 rings (SSSR count). The van der Waals surface area contributed by atoms with Gasteiger partial charge >= 0.3 is 0 Å². The first-order valence-corrected chi connectivity index (χ1v) is 9.10. The van der Waals surface area contributed by atoms with E-state index in [1.807, 2.05) is 24.3 Å². The monoisotopic (exact) mass is 372 g/mol. The number of rotatable bonds is 8. The molecule has 6 nitrogen and oxygen atoms in total. The lowest BCUT2D eigenvalue weighted by atomic mass is 10.0. The summed E-state index contributed by atoms with van der Waals surface area (Å²) in [6.07, 6.45) is 0. The summed E-state index contributed by atoms with van der Waals surface area (Å²) in [5, 5.41) is 3.54. The average Bonchev–Trinajstić information content (AvgIpc) is 2.70. The van der Waals surface area contributed by atoms with Gasteiger partial charge in [-0.25, -0.2) is 0 Å². The van der Waals surface area contributed by atoms with E-state index in [4.69, 9.17) is 18.9 Å². The number of methoxy groups -OCH3 is 2. The van der Waals surface area contributed by atoms with E-state index in [0.29, 0.717) is 13.2 Å². The Hall–Kier alpha value is -2.44. The molecule has 1 N–H and O–H groups in total. The first-order chi connectivity index (χ1) is 13.1. The van der Waals surface area contributed by atoms with Gasteiger partial charge in [-0.3, -0.25) is 0 Å². The molecule has 0 spiro atoms. The second-order valence-corrected chi connectivity index (χ2v) is 6.70. The summed E-state index contributed by atoms with van der Waals surface area (Å²) in [4.78, 5) is 2.19. The van der Waals surface area contributed by atoms with Crippen molar-refractivity contribution in [2.24, 2.45) is 0 Å². The zero-order chi connectivity index (χ0) is 19.2. The van der Waals surface area contributed by atoms with Gasteiger partial charge in [0.25, 0.3) is 0 Å². The van der Waals surface area contributed by atoms with Crippen LogP contribution in [0.25, 0.3) is 0 Å². The van der Waals surface area contributed by atoms with E-state index in [1.54, 1.807) is 14.2 Å². The van der Waals surface area contributed by atoms with Crippen molar-refractivity contribution in [2.45, 2.75) is 12.6 Å². The Morgan fingerprint density at radius 3 is 2.41 bits per heavy atom. The molecule has 0 fully saturated rings. The normalized spacial score (nSPS) is 14.1. The van der Waals surface area contributed by atoms with Gasteiger partial charge in [0.15, 0.2) is 23.0 Å². The molecule has 2 aromatic carbocycles. The van der Waals surface area contributed by atoms with E-state index in [1.165, 1.54) is 11.1 Å². The zero-order valence-electron chi connectivity index (χ0n) is 16.5. The molecule has 0 amide bonds. The first kappa shape index (κ1) is 19.3. The third kappa shape index (κ3) is 4.64.